The Morgan fingerprint density at radius 1 is 1.55 bits per heavy atom. The van der Waals surface area contributed by atoms with E-state index in [4.69, 9.17) is 16.3 Å². The first-order valence-electron chi connectivity index (χ1n) is 6.78. The van der Waals surface area contributed by atoms with Crippen molar-refractivity contribution in [3.05, 3.63) is 23.0 Å². The number of nitrogens with zero attached hydrogens (tertiary/aromatic N) is 1. The number of nitrogens with one attached hydrogen (secondary N) is 1. The predicted octanol–water partition coefficient (Wildman–Crippen LogP) is 2.08. The van der Waals surface area contributed by atoms with E-state index in [0.29, 0.717) is 23.8 Å². The average Bonchev–Trinajstić information content (AvgIpc) is 3.10. The van der Waals surface area contributed by atoms with Crippen LogP contribution < -0.4 is 0 Å². The second kappa shape index (κ2) is 4.81. The number of ether oxygens (including phenoxy) is 1. The van der Waals surface area contributed by atoms with Gasteiger partial charge in [0.05, 0.1) is 17.5 Å². The van der Waals surface area contributed by atoms with E-state index in [-0.39, 0.29) is 17.8 Å². The molecule has 0 aromatic carbocycles. The summed E-state index contributed by atoms with van der Waals surface area (Å²) in [5.41, 5.74) is -0.0316. The number of esters is 1. The monoisotopic (exact) mass is 296 g/mol. The zero-order valence-corrected chi connectivity index (χ0v) is 12.1. The van der Waals surface area contributed by atoms with Crippen LogP contribution in [0.15, 0.2) is 12.3 Å². The van der Waals surface area contributed by atoms with Crippen LogP contribution in [0.4, 0.5) is 0 Å². The summed E-state index contributed by atoms with van der Waals surface area (Å²) in [4.78, 5) is 29.2. The molecule has 20 heavy (non-hydrogen) atoms. The van der Waals surface area contributed by atoms with Gasteiger partial charge in [-0.15, -0.1) is 0 Å². The third-order valence-corrected chi connectivity index (χ3v) is 4.85. The molecule has 1 saturated heterocycles. The lowest BCUT2D eigenvalue weighted by Crippen LogP contribution is -2.38. The second-order valence-electron chi connectivity index (χ2n) is 5.65. The smallest absolute Gasteiger partial charge is 0.313 e. The summed E-state index contributed by atoms with van der Waals surface area (Å²) in [5, 5.41) is 0.510. The predicted molar refractivity (Wildman–Crippen MR) is 73.5 cm³/mol. The van der Waals surface area contributed by atoms with Crippen LogP contribution in [0.3, 0.4) is 0 Å². The maximum absolute atomic E-state index is 12.4. The number of fused-ring (bicyclic) bond motifs is 1. The van der Waals surface area contributed by atoms with E-state index >= 15 is 0 Å². The number of aromatic amines is 1. The lowest BCUT2D eigenvalue weighted by molar-refractivity contribution is -0.153. The van der Waals surface area contributed by atoms with Crippen LogP contribution in [-0.2, 0) is 9.53 Å². The highest BCUT2D eigenvalue weighted by Gasteiger charge is 2.56. The van der Waals surface area contributed by atoms with Gasteiger partial charge in [0.15, 0.2) is 0 Å². The van der Waals surface area contributed by atoms with Crippen LogP contribution in [-0.4, -0.2) is 42.0 Å². The summed E-state index contributed by atoms with van der Waals surface area (Å²) < 4.78 is 4.97. The van der Waals surface area contributed by atoms with Crippen molar-refractivity contribution in [1.82, 2.24) is 9.88 Å². The summed E-state index contributed by atoms with van der Waals surface area (Å²) >= 11 is 5.83. The molecule has 2 fully saturated rings. The Labute approximate surface area is 122 Å². The molecule has 5 nitrogen and oxygen atoms in total. The van der Waals surface area contributed by atoms with Gasteiger partial charge in [0.1, 0.15) is 5.69 Å². The molecule has 0 radical (unpaired) electrons. The summed E-state index contributed by atoms with van der Waals surface area (Å²) in [5.74, 6) is -0.0706. The number of hydrogen-bond acceptors (Lipinski definition) is 3. The summed E-state index contributed by atoms with van der Waals surface area (Å²) in [7, 11) is 1.42. The van der Waals surface area contributed by atoms with Crippen LogP contribution >= 0.6 is 11.6 Å². The molecule has 0 bridgehead atoms. The zero-order chi connectivity index (χ0) is 14.3. The summed E-state index contributed by atoms with van der Waals surface area (Å²) in [6.07, 6.45) is 4.39. The van der Waals surface area contributed by atoms with Crippen molar-refractivity contribution in [2.45, 2.75) is 19.3 Å². The Morgan fingerprint density at radius 2 is 2.35 bits per heavy atom. The van der Waals surface area contributed by atoms with E-state index in [0.717, 1.165) is 19.3 Å². The average molecular weight is 297 g/mol. The van der Waals surface area contributed by atoms with Crippen molar-refractivity contribution >= 4 is 23.5 Å². The molecular weight excluding hydrogens is 280 g/mol. The molecular formula is C14H17ClN2O3. The van der Waals surface area contributed by atoms with Crippen molar-refractivity contribution in [2.24, 2.45) is 11.3 Å². The van der Waals surface area contributed by atoms with Gasteiger partial charge in [-0.3, -0.25) is 9.59 Å². The maximum Gasteiger partial charge on any atom is 0.313 e. The number of likely N-dealkylation sites (tertiary alicyclic amines) is 1. The Hall–Kier alpha value is -1.49. The molecule has 1 saturated carbocycles. The summed E-state index contributed by atoms with van der Waals surface area (Å²) in [6, 6.07) is 1.61. The molecule has 1 aliphatic carbocycles. The number of amides is 1. The molecule has 0 spiro atoms. The van der Waals surface area contributed by atoms with Crippen LogP contribution in [0.5, 0.6) is 0 Å². The normalized spacial score (nSPS) is 28.5. The number of aromatic nitrogens is 1. The van der Waals surface area contributed by atoms with E-state index in [1.165, 1.54) is 7.11 Å². The molecule has 0 unspecified atom stereocenters. The number of hydrogen-bond donors (Lipinski definition) is 1. The zero-order valence-electron chi connectivity index (χ0n) is 11.3. The highest BCUT2D eigenvalue weighted by molar-refractivity contribution is 6.30. The molecule has 2 atom stereocenters. The van der Waals surface area contributed by atoms with Crippen molar-refractivity contribution in [3.8, 4) is 0 Å². The first-order valence-corrected chi connectivity index (χ1v) is 7.16. The Kier molecular flexibility index (Phi) is 3.24. The highest BCUT2D eigenvalue weighted by atomic mass is 35.5. The Bertz CT molecular complexity index is 556. The van der Waals surface area contributed by atoms with E-state index < -0.39 is 5.41 Å². The first-order chi connectivity index (χ1) is 9.56. The van der Waals surface area contributed by atoms with Crippen molar-refractivity contribution in [2.75, 3.05) is 20.2 Å². The molecule has 1 N–H and O–H groups in total. The van der Waals surface area contributed by atoms with Crippen LogP contribution in [0.25, 0.3) is 0 Å². The molecule has 2 aliphatic rings. The van der Waals surface area contributed by atoms with Crippen LogP contribution in [0.2, 0.25) is 5.02 Å². The second-order valence-corrected chi connectivity index (χ2v) is 6.09. The number of halogens is 1. The standard InChI is InChI=1S/C14H17ClN2O3/c1-20-13(19)14-4-2-3-9(14)7-17(8-14)12(18)11-5-10(15)6-16-11/h5-6,9,16H,2-4,7-8H2,1H3/t9-,14-/m0/s1. The van der Waals surface area contributed by atoms with E-state index in [9.17, 15) is 9.59 Å². The third kappa shape index (κ3) is 1.92. The maximum atomic E-state index is 12.4. The fraction of sp³-hybridized carbons (Fsp3) is 0.571. The minimum Gasteiger partial charge on any atom is -0.469 e. The van der Waals surface area contributed by atoms with Gasteiger partial charge in [-0.05, 0) is 24.8 Å². The molecule has 3 rings (SSSR count). The third-order valence-electron chi connectivity index (χ3n) is 4.63. The van der Waals surface area contributed by atoms with Gasteiger partial charge in [0, 0.05) is 19.3 Å². The molecule has 2 heterocycles. The van der Waals surface area contributed by atoms with Gasteiger partial charge in [0.25, 0.3) is 5.91 Å². The number of rotatable bonds is 2. The minimum absolute atomic E-state index is 0.102. The van der Waals surface area contributed by atoms with Gasteiger partial charge in [-0.25, -0.2) is 0 Å². The topological polar surface area (TPSA) is 62.4 Å². The Morgan fingerprint density at radius 3 is 3.00 bits per heavy atom. The van der Waals surface area contributed by atoms with Crippen LogP contribution in [0, 0.1) is 11.3 Å². The van der Waals surface area contributed by atoms with Crippen molar-refractivity contribution in [1.29, 1.82) is 0 Å². The molecule has 6 heteroatoms. The molecule has 1 aromatic rings. The largest absolute Gasteiger partial charge is 0.469 e. The van der Waals surface area contributed by atoms with Crippen LogP contribution in [0.1, 0.15) is 29.8 Å². The number of carbonyl (C=O) groups excluding carboxylic acids is 2. The lowest BCUT2D eigenvalue weighted by Gasteiger charge is -2.25. The lowest BCUT2D eigenvalue weighted by atomic mass is 9.81. The number of carbonyl (C=O) groups is 2. The molecule has 108 valence electrons. The van der Waals surface area contributed by atoms with Gasteiger partial charge in [-0.2, -0.15) is 0 Å². The fourth-order valence-electron chi connectivity index (χ4n) is 3.64. The van der Waals surface area contributed by atoms with Gasteiger partial charge < -0.3 is 14.6 Å². The van der Waals surface area contributed by atoms with E-state index in [1.54, 1.807) is 17.2 Å². The SMILES string of the molecule is COC(=O)[C@]12CCC[C@H]1CN(C(=O)c1cc(Cl)c[nH]1)C2. The summed E-state index contributed by atoms with van der Waals surface area (Å²) in [6.45, 7) is 1.06. The van der Waals surface area contributed by atoms with Gasteiger partial charge in [0.2, 0.25) is 0 Å². The fourth-order valence-corrected chi connectivity index (χ4v) is 3.81. The quantitative estimate of drug-likeness (QED) is 0.850. The number of H-pyrrole nitrogens is 1. The molecule has 1 aliphatic heterocycles. The van der Waals surface area contributed by atoms with Gasteiger partial charge >= 0.3 is 5.97 Å². The highest BCUT2D eigenvalue weighted by Crippen LogP contribution is 2.49. The van der Waals surface area contributed by atoms with Crippen molar-refractivity contribution in [3.63, 3.8) is 0 Å². The minimum atomic E-state index is -0.499. The van der Waals surface area contributed by atoms with Gasteiger partial charge in [-0.1, -0.05) is 18.0 Å². The van der Waals surface area contributed by atoms with E-state index in [2.05, 4.69) is 4.98 Å². The first kappa shape index (κ1) is 13.5. The van der Waals surface area contributed by atoms with E-state index in [1.807, 2.05) is 0 Å². The molecule has 1 aromatic heterocycles. The molecule has 1 amide bonds. The van der Waals surface area contributed by atoms with Crippen molar-refractivity contribution < 1.29 is 14.3 Å². The number of methoxy groups -OCH3 is 1. The Balaban J connectivity index is 1.82.